The van der Waals surface area contributed by atoms with Gasteiger partial charge in [-0.05, 0) is 29.3 Å². The lowest BCUT2D eigenvalue weighted by molar-refractivity contribution is 0.120. The highest BCUT2D eigenvalue weighted by Crippen LogP contribution is 2.33. The SMILES string of the molecule is O=c1[nH]nc(Cc2cc3c(c(CN4CCN(Cc5ccccn5)CC4)c2)OCC3)c2ccccc12. The maximum absolute atomic E-state index is 12.2. The Morgan fingerprint density at radius 2 is 1.69 bits per heavy atom. The van der Waals surface area contributed by atoms with Crippen LogP contribution < -0.4 is 10.3 Å². The molecule has 1 N–H and O–H groups in total. The second-order valence-corrected chi connectivity index (χ2v) is 9.44. The van der Waals surface area contributed by atoms with E-state index in [-0.39, 0.29) is 5.56 Å². The zero-order chi connectivity index (χ0) is 23.6. The summed E-state index contributed by atoms with van der Waals surface area (Å²) in [6.45, 7) is 6.65. The lowest BCUT2D eigenvalue weighted by Gasteiger charge is -2.34. The Balaban J connectivity index is 1.19. The number of hydrogen-bond acceptors (Lipinski definition) is 6. The van der Waals surface area contributed by atoms with Crippen molar-refractivity contribution in [3.05, 3.63) is 99.2 Å². The Morgan fingerprint density at radius 1 is 0.914 bits per heavy atom. The molecule has 4 aromatic rings. The Hall–Kier alpha value is -3.55. The zero-order valence-electron chi connectivity index (χ0n) is 19.7. The molecule has 1 fully saturated rings. The molecule has 0 radical (unpaired) electrons. The zero-order valence-corrected chi connectivity index (χ0v) is 19.7. The smallest absolute Gasteiger partial charge is 0.272 e. The van der Waals surface area contributed by atoms with Gasteiger partial charge in [0.2, 0.25) is 0 Å². The van der Waals surface area contributed by atoms with Gasteiger partial charge in [-0.3, -0.25) is 19.6 Å². The number of ether oxygens (including phenoxy) is 1. The van der Waals surface area contributed by atoms with Crippen molar-refractivity contribution in [3.63, 3.8) is 0 Å². The third-order valence-electron chi connectivity index (χ3n) is 7.04. The van der Waals surface area contributed by atoms with Crippen LogP contribution in [-0.4, -0.2) is 57.8 Å². The van der Waals surface area contributed by atoms with E-state index in [2.05, 4.69) is 49.2 Å². The van der Waals surface area contributed by atoms with Gasteiger partial charge < -0.3 is 4.74 Å². The van der Waals surface area contributed by atoms with Crippen LogP contribution >= 0.6 is 0 Å². The first-order valence-corrected chi connectivity index (χ1v) is 12.3. The first-order chi connectivity index (χ1) is 17.2. The van der Waals surface area contributed by atoms with E-state index in [0.29, 0.717) is 11.8 Å². The number of aromatic amines is 1. The van der Waals surface area contributed by atoms with Crippen molar-refractivity contribution in [2.75, 3.05) is 32.8 Å². The summed E-state index contributed by atoms with van der Waals surface area (Å²) in [4.78, 5) is 21.7. The number of nitrogens with one attached hydrogen (secondary N) is 1. The van der Waals surface area contributed by atoms with Crippen molar-refractivity contribution in [2.24, 2.45) is 0 Å². The molecule has 178 valence electrons. The number of rotatable bonds is 6. The summed E-state index contributed by atoms with van der Waals surface area (Å²) in [5.41, 5.74) is 5.62. The van der Waals surface area contributed by atoms with Crippen LogP contribution in [0.2, 0.25) is 0 Å². The van der Waals surface area contributed by atoms with Crippen molar-refractivity contribution >= 4 is 10.8 Å². The Bertz CT molecular complexity index is 1390. The first-order valence-electron chi connectivity index (χ1n) is 12.3. The topological polar surface area (TPSA) is 74.4 Å². The Labute approximate surface area is 204 Å². The van der Waals surface area contributed by atoms with Gasteiger partial charge in [0.15, 0.2) is 0 Å². The molecule has 1 saturated heterocycles. The van der Waals surface area contributed by atoms with Crippen LogP contribution in [-0.2, 0) is 25.9 Å². The monoisotopic (exact) mass is 467 g/mol. The molecular weight excluding hydrogens is 438 g/mol. The third kappa shape index (κ3) is 4.70. The van der Waals surface area contributed by atoms with Gasteiger partial charge in [-0.25, -0.2) is 5.10 Å². The average molecular weight is 468 g/mol. The predicted molar refractivity (Wildman–Crippen MR) is 136 cm³/mol. The molecule has 35 heavy (non-hydrogen) atoms. The number of benzene rings is 2. The number of fused-ring (bicyclic) bond motifs is 2. The maximum Gasteiger partial charge on any atom is 0.272 e. The maximum atomic E-state index is 12.2. The summed E-state index contributed by atoms with van der Waals surface area (Å²) >= 11 is 0. The number of nitrogens with zero attached hydrogens (tertiary/aromatic N) is 4. The molecule has 0 amide bonds. The fourth-order valence-electron chi connectivity index (χ4n) is 5.25. The molecule has 0 atom stereocenters. The van der Waals surface area contributed by atoms with Crippen molar-refractivity contribution in [3.8, 4) is 5.75 Å². The van der Waals surface area contributed by atoms with Crippen molar-refractivity contribution in [1.29, 1.82) is 0 Å². The molecule has 4 heterocycles. The molecule has 0 saturated carbocycles. The number of aromatic nitrogens is 3. The Kier molecular flexibility index (Phi) is 6.02. The molecule has 0 unspecified atom stereocenters. The van der Waals surface area contributed by atoms with E-state index in [1.165, 1.54) is 16.7 Å². The van der Waals surface area contributed by atoms with Crippen LogP contribution in [0.15, 0.2) is 65.6 Å². The van der Waals surface area contributed by atoms with Gasteiger partial charge in [0.25, 0.3) is 5.56 Å². The highest BCUT2D eigenvalue weighted by Gasteiger charge is 2.23. The summed E-state index contributed by atoms with van der Waals surface area (Å²) in [5, 5.41) is 8.66. The first kappa shape index (κ1) is 21.9. The molecule has 6 rings (SSSR count). The normalized spacial score (nSPS) is 16.3. The minimum absolute atomic E-state index is 0.144. The summed E-state index contributed by atoms with van der Waals surface area (Å²) in [5.74, 6) is 1.06. The van der Waals surface area contributed by atoms with Crippen molar-refractivity contribution < 1.29 is 4.74 Å². The fourth-order valence-corrected chi connectivity index (χ4v) is 5.25. The minimum Gasteiger partial charge on any atom is -0.493 e. The van der Waals surface area contributed by atoms with Crippen molar-refractivity contribution in [1.82, 2.24) is 25.0 Å². The van der Waals surface area contributed by atoms with Gasteiger partial charge in [-0.1, -0.05) is 36.4 Å². The van der Waals surface area contributed by atoms with Gasteiger partial charge in [0, 0.05) is 69.3 Å². The van der Waals surface area contributed by atoms with Gasteiger partial charge in [-0.15, -0.1) is 0 Å². The molecule has 7 heteroatoms. The molecule has 0 bridgehead atoms. The van der Waals surface area contributed by atoms with E-state index < -0.39 is 0 Å². The molecule has 2 aliphatic heterocycles. The number of piperazine rings is 1. The highest BCUT2D eigenvalue weighted by atomic mass is 16.5. The van der Waals surface area contributed by atoms with E-state index in [1.807, 2.05) is 36.5 Å². The summed E-state index contributed by atoms with van der Waals surface area (Å²) in [6, 6.07) is 18.3. The summed E-state index contributed by atoms with van der Waals surface area (Å²) in [6.07, 6.45) is 3.48. The fraction of sp³-hybridized carbons (Fsp3) is 0.321. The van der Waals surface area contributed by atoms with Gasteiger partial charge in [0.05, 0.1) is 23.4 Å². The lowest BCUT2D eigenvalue weighted by atomic mass is 9.98. The number of hydrogen-bond donors (Lipinski definition) is 1. The standard InChI is InChI=1S/C28H29N5O2/c34-28-25-7-2-1-6-24(25)26(30-31-28)17-20-15-21-8-14-35-27(21)22(16-20)18-32-10-12-33(13-11-32)19-23-5-3-4-9-29-23/h1-7,9,15-16H,8,10-14,17-19H2,(H,31,34). The number of H-pyrrole nitrogens is 1. The molecular formula is C28H29N5O2. The van der Waals surface area contributed by atoms with E-state index in [0.717, 1.165) is 74.8 Å². The second-order valence-electron chi connectivity index (χ2n) is 9.44. The van der Waals surface area contributed by atoms with Crippen molar-refractivity contribution in [2.45, 2.75) is 25.9 Å². The van der Waals surface area contributed by atoms with Crippen LogP contribution in [0.1, 0.15) is 28.1 Å². The van der Waals surface area contributed by atoms with Gasteiger partial charge in [-0.2, -0.15) is 5.10 Å². The Morgan fingerprint density at radius 3 is 2.49 bits per heavy atom. The quantitative estimate of drug-likeness (QED) is 0.470. The second kappa shape index (κ2) is 9.60. The van der Waals surface area contributed by atoms with Crippen LogP contribution in [0.3, 0.4) is 0 Å². The lowest BCUT2D eigenvalue weighted by Crippen LogP contribution is -2.45. The van der Waals surface area contributed by atoms with Crippen LogP contribution in [0.25, 0.3) is 10.8 Å². The molecule has 0 spiro atoms. The molecule has 2 aromatic carbocycles. The largest absolute Gasteiger partial charge is 0.493 e. The number of pyridine rings is 1. The van der Waals surface area contributed by atoms with Crippen LogP contribution in [0.4, 0.5) is 0 Å². The molecule has 7 nitrogen and oxygen atoms in total. The predicted octanol–water partition coefficient (Wildman–Crippen LogP) is 3.16. The molecule has 2 aliphatic rings. The third-order valence-corrected chi connectivity index (χ3v) is 7.04. The van der Waals surface area contributed by atoms with Gasteiger partial charge in [0.1, 0.15) is 5.75 Å². The summed E-state index contributed by atoms with van der Waals surface area (Å²) < 4.78 is 6.05. The molecule has 2 aromatic heterocycles. The summed E-state index contributed by atoms with van der Waals surface area (Å²) in [7, 11) is 0. The highest BCUT2D eigenvalue weighted by molar-refractivity contribution is 5.83. The van der Waals surface area contributed by atoms with E-state index in [9.17, 15) is 4.79 Å². The van der Waals surface area contributed by atoms with E-state index in [1.54, 1.807) is 0 Å². The van der Waals surface area contributed by atoms with E-state index >= 15 is 0 Å². The van der Waals surface area contributed by atoms with Crippen LogP contribution in [0.5, 0.6) is 5.75 Å². The minimum atomic E-state index is -0.144. The average Bonchev–Trinajstić information content (AvgIpc) is 3.37. The van der Waals surface area contributed by atoms with Gasteiger partial charge >= 0.3 is 0 Å². The van der Waals surface area contributed by atoms with E-state index in [4.69, 9.17) is 4.74 Å². The van der Waals surface area contributed by atoms with Crippen LogP contribution in [0, 0.1) is 0 Å². The molecule has 0 aliphatic carbocycles.